The number of aromatic nitrogens is 2. The van der Waals surface area contributed by atoms with Gasteiger partial charge in [0.15, 0.2) is 11.5 Å². The van der Waals surface area contributed by atoms with Crippen LogP contribution in [0, 0.1) is 0 Å². The van der Waals surface area contributed by atoms with Crippen LogP contribution in [0.2, 0.25) is 5.02 Å². The minimum Gasteiger partial charge on any atom is -0.485 e. The minimum atomic E-state index is -0.691. The van der Waals surface area contributed by atoms with Crippen LogP contribution in [0.15, 0.2) is 52.9 Å². The van der Waals surface area contributed by atoms with Crippen LogP contribution in [0.5, 0.6) is 11.5 Å². The monoisotopic (exact) mass is 411 g/mol. The zero-order valence-corrected chi connectivity index (χ0v) is 16.2. The van der Waals surface area contributed by atoms with Gasteiger partial charge in [-0.15, -0.1) is 10.2 Å². The Morgan fingerprint density at radius 3 is 2.59 bits per heavy atom. The molecule has 0 bridgehead atoms. The fourth-order valence-corrected chi connectivity index (χ4v) is 3.40. The number of rotatable bonds is 5. The lowest BCUT2D eigenvalue weighted by Gasteiger charge is -2.30. The number of hydrogen-bond acceptors (Lipinski definition) is 6. The number of benzene rings is 2. The first kappa shape index (κ1) is 18.0. The molecular formula is C21H18ClN3O4. The summed E-state index contributed by atoms with van der Waals surface area (Å²) in [5, 5.41) is 8.84. The average molecular weight is 412 g/mol. The van der Waals surface area contributed by atoms with E-state index in [1.807, 2.05) is 30.3 Å². The molecule has 1 aliphatic heterocycles. The van der Waals surface area contributed by atoms with Crippen molar-refractivity contribution in [1.82, 2.24) is 15.1 Å². The summed E-state index contributed by atoms with van der Waals surface area (Å²) < 4.78 is 17.4. The highest BCUT2D eigenvalue weighted by molar-refractivity contribution is 6.30. The summed E-state index contributed by atoms with van der Waals surface area (Å²) in [5.74, 6) is 1.88. The van der Waals surface area contributed by atoms with Gasteiger partial charge in [-0.1, -0.05) is 23.7 Å². The number of hydrogen-bond donors (Lipinski definition) is 0. The summed E-state index contributed by atoms with van der Waals surface area (Å²) in [6.45, 7) is 0.421. The Hall–Kier alpha value is -3.06. The van der Waals surface area contributed by atoms with Crippen molar-refractivity contribution in [1.29, 1.82) is 0 Å². The molecule has 2 aromatic carbocycles. The fourth-order valence-electron chi connectivity index (χ4n) is 3.27. The quantitative estimate of drug-likeness (QED) is 0.636. The van der Waals surface area contributed by atoms with Crippen LogP contribution in [0.3, 0.4) is 0 Å². The van der Waals surface area contributed by atoms with Gasteiger partial charge >= 0.3 is 0 Å². The molecule has 1 saturated carbocycles. The number of nitrogens with zero attached hydrogens (tertiary/aromatic N) is 3. The summed E-state index contributed by atoms with van der Waals surface area (Å²) >= 11 is 5.92. The van der Waals surface area contributed by atoms with Crippen molar-refractivity contribution < 1.29 is 18.7 Å². The number of para-hydroxylation sites is 2. The van der Waals surface area contributed by atoms with E-state index in [1.165, 1.54) is 0 Å². The third kappa shape index (κ3) is 3.78. The van der Waals surface area contributed by atoms with Crippen LogP contribution >= 0.6 is 11.6 Å². The summed E-state index contributed by atoms with van der Waals surface area (Å²) in [6.07, 6.45) is 1.21. The molecular weight excluding hydrogens is 394 g/mol. The van der Waals surface area contributed by atoms with Crippen molar-refractivity contribution in [3.63, 3.8) is 0 Å². The highest BCUT2D eigenvalue weighted by atomic mass is 35.5. The van der Waals surface area contributed by atoms with E-state index >= 15 is 0 Å². The molecule has 5 rings (SSSR count). The van der Waals surface area contributed by atoms with Gasteiger partial charge in [-0.25, -0.2) is 0 Å². The van der Waals surface area contributed by atoms with Gasteiger partial charge in [-0.3, -0.25) is 4.79 Å². The highest BCUT2D eigenvalue weighted by Gasteiger charge is 2.39. The van der Waals surface area contributed by atoms with Gasteiger partial charge in [0, 0.05) is 16.6 Å². The summed E-state index contributed by atoms with van der Waals surface area (Å²) in [7, 11) is 0. The number of halogens is 1. The number of fused-ring (bicyclic) bond motifs is 1. The summed E-state index contributed by atoms with van der Waals surface area (Å²) in [5.41, 5.74) is 0.776. The molecule has 0 saturated heterocycles. The summed E-state index contributed by atoms with van der Waals surface area (Å²) in [6, 6.07) is 14.7. The van der Waals surface area contributed by atoms with Crippen molar-refractivity contribution >= 4 is 17.5 Å². The Labute approximate surface area is 172 Å². The maximum absolute atomic E-state index is 13.1. The van der Waals surface area contributed by atoms with Crippen LogP contribution in [-0.2, 0) is 11.3 Å². The predicted molar refractivity (Wildman–Crippen MR) is 105 cm³/mol. The standard InChI is InChI=1S/C21H18ClN3O4/c22-14-7-5-13(6-8-14)20-24-23-19(29-20)11-25(15-9-10-15)21(26)18-12-27-16-3-1-2-4-17(16)28-18/h1-8,15,18H,9-12H2/t18-/m0/s1. The van der Waals surface area contributed by atoms with Crippen molar-refractivity contribution in [2.24, 2.45) is 0 Å². The van der Waals surface area contributed by atoms with Crippen LogP contribution in [0.1, 0.15) is 18.7 Å². The zero-order valence-electron chi connectivity index (χ0n) is 15.5. The van der Waals surface area contributed by atoms with Gasteiger partial charge in [-0.05, 0) is 49.2 Å². The van der Waals surface area contributed by atoms with E-state index in [9.17, 15) is 4.79 Å². The van der Waals surface area contributed by atoms with Crippen molar-refractivity contribution in [2.75, 3.05) is 6.61 Å². The Bertz CT molecular complexity index is 1030. The van der Waals surface area contributed by atoms with Crippen molar-refractivity contribution in [3.05, 3.63) is 59.4 Å². The summed E-state index contributed by atoms with van der Waals surface area (Å²) in [4.78, 5) is 14.9. The van der Waals surface area contributed by atoms with E-state index in [2.05, 4.69) is 10.2 Å². The highest BCUT2D eigenvalue weighted by Crippen LogP contribution is 2.34. The SMILES string of the molecule is O=C([C@@H]1COc2ccccc2O1)N(Cc1nnc(-c2ccc(Cl)cc2)o1)C1CC1. The molecule has 3 aromatic rings. The molecule has 1 aromatic heterocycles. The van der Waals surface area contributed by atoms with Crippen LogP contribution in [0.25, 0.3) is 11.5 Å². The normalized spacial score (nSPS) is 17.8. The van der Waals surface area contributed by atoms with E-state index in [0.29, 0.717) is 28.3 Å². The molecule has 0 unspecified atom stereocenters. The third-order valence-electron chi connectivity index (χ3n) is 4.92. The predicted octanol–water partition coefficient (Wildman–Crippen LogP) is 3.72. The Morgan fingerprint density at radius 2 is 1.83 bits per heavy atom. The third-order valence-corrected chi connectivity index (χ3v) is 5.17. The minimum absolute atomic E-state index is 0.131. The van der Waals surface area contributed by atoms with Crippen molar-refractivity contribution in [3.8, 4) is 23.0 Å². The van der Waals surface area contributed by atoms with E-state index < -0.39 is 6.10 Å². The lowest BCUT2D eigenvalue weighted by molar-refractivity contribution is -0.142. The van der Waals surface area contributed by atoms with Crippen molar-refractivity contribution in [2.45, 2.75) is 31.5 Å². The molecule has 0 N–H and O–H groups in total. The lowest BCUT2D eigenvalue weighted by atomic mass is 10.2. The molecule has 2 aliphatic rings. The van der Waals surface area contributed by atoms with Gasteiger partial charge in [-0.2, -0.15) is 0 Å². The van der Waals surface area contributed by atoms with E-state index in [4.69, 9.17) is 25.5 Å². The van der Waals surface area contributed by atoms with E-state index in [0.717, 1.165) is 18.4 Å². The lowest BCUT2D eigenvalue weighted by Crippen LogP contribution is -2.47. The molecule has 1 aliphatic carbocycles. The fraction of sp³-hybridized carbons (Fsp3) is 0.286. The van der Waals surface area contributed by atoms with E-state index in [-0.39, 0.29) is 25.1 Å². The molecule has 29 heavy (non-hydrogen) atoms. The van der Waals surface area contributed by atoms with Crippen LogP contribution in [-0.4, -0.2) is 39.8 Å². The molecule has 1 atom stereocenters. The topological polar surface area (TPSA) is 77.7 Å². The average Bonchev–Trinajstić information content (AvgIpc) is 3.49. The van der Waals surface area contributed by atoms with Crippen LogP contribution in [0.4, 0.5) is 0 Å². The van der Waals surface area contributed by atoms with Crippen LogP contribution < -0.4 is 9.47 Å². The van der Waals surface area contributed by atoms with Gasteiger partial charge in [0.05, 0.1) is 6.54 Å². The zero-order chi connectivity index (χ0) is 19.8. The second kappa shape index (κ2) is 7.40. The maximum atomic E-state index is 13.1. The first-order valence-corrected chi connectivity index (χ1v) is 9.82. The molecule has 148 valence electrons. The number of ether oxygens (including phenoxy) is 2. The maximum Gasteiger partial charge on any atom is 0.267 e. The molecule has 8 heteroatoms. The number of carbonyl (C=O) groups excluding carboxylic acids is 1. The molecule has 2 heterocycles. The molecule has 0 spiro atoms. The van der Waals surface area contributed by atoms with Gasteiger partial charge in [0.2, 0.25) is 17.9 Å². The first-order chi connectivity index (χ1) is 14.2. The Balaban J connectivity index is 1.31. The molecule has 1 fully saturated rings. The Morgan fingerprint density at radius 1 is 1.07 bits per heavy atom. The largest absolute Gasteiger partial charge is 0.485 e. The van der Waals surface area contributed by atoms with Gasteiger partial charge in [0.25, 0.3) is 5.91 Å². The number of carbonyl (C=O) groups is 1. The van der Waals surface area contributed by atoms with Gasteiger partial charge < -0.3 is 18.8 Å². The molecule has 7 nitrogen and oxygen atoms in total. The Kier molecular flexibility index (Phi) is 4.60. The molecule has 1 amide bonds. The second-order valence-corrected chi connectivity index (χ2v) is 7.51. The molecule has 0 radical (unpaired) electrons. The second-order valence-electron chi connectivity index (χ2n) is 7.07. The first-order valence-electron chi connectivity index (χ1n) is 9.44. The smallest absolute Gasteiger partial charge is 0.267 e. The van der Waals surface area contributed by atoms with E-state index in [1.54, 1.807) is 23.1 Å². The number of amides is 1. The van der Waals surface area contributed by atoms with Gasteiger partial charge in [0.1, 0.15) is 6.61 Å².